The summed E-state index contributed by atoms with van der Waals surface area (Å²) in [7, 11) is 0. The molecule has 0 spiro atoms. The largest absolute Gasteiger partial charge is 0.394 e. The quantitative estimate of drug-likeness (QED) is 0.107. The van der Waals surface area contributed by atoms with E-state index in [4.69, 9.17) is 32.9 Å². The van der Waals surface area contributed by atoms with Gasteiger partial charge in [0.2, 0.25) is 11.9 Å². The summed E-state index contributed by atoms with van der Waals surface area (Å²) in [5.74, 6) is -0.297. The minimum Gasteiger partial charge on any atom is -0.394 e. The summed E-state index contributed by atoms with van der Waals surface area (Å²) in [5, 5.41) is 61.5. The van der Waals surface area contributed by atoms with E-state index in [-0.39, 0.29) is 39.4 Å². The molecule has 0 aliphatic carbocycles. The number of fused-ring (bicyclic) bond motifs is 2. The van der Waals surface area contributed by atoms with Crippen molar-refractivity contribution in [2.24, 2.45) is 0 Å². The second-order valence-electron chi connectivity index (χ2n) is 8.87. The molecule has 0 amide bonds. The van der Waals surface area contributed by atoms with E-state index in [0.29, 0.717) is 0 Å². The van der Waals surface area contributed by atoms with E-state index < -0.39 is 62.3 Å². The highest BCUT2D eigenvalue weighted by Crippen LogP contribution is 2.41. The van der Waals surface area contributed by atoms with Crippen molar-refractivity contribution in [3.05, 3.63) is 24.0 Å². The molecule has 6 N–H and O–H groups in total. The zero-order chi connectivity index (χ0) is 27.6. The minimum absolute atomic E-state index is 0.0559. The standard InChI is InChI=1S/C20H21Cl2N9O8/c21-14-9-16(26-5-24-14)30(18-13(37)11(35)8(3-33)39-18)20(28-9)31(22)19-27-6-1-23-4-25-15(6)29(19)17-12(36)10(34)7(2-32)38-17/h1,4-5,7-8,10-13,17-18,32-37H,2-3H2/t7-,8-,10-,11-,12-,13-,17-,18-/m1/s1. The van der Waals surface area contributed by atoms with Crippen molar-refractivity contribution in [3.63, 3.8) is 0 Å². The number of anilines is 2. The van der Waals surface area contributed by atoms with Gasteiger partial charge in [-0.15, -0.1) is 0 Å². The Kier molecular flexibility index (Phi) is 6.74. The van der Waals surface area contributed by atoms with Crippen molar-refractivity contribution in [2.75, 3.05) is 17.6 Å². The van der Waals surface area contributed by atoms with Gasteiger partial charge in [0.1, 0.15) is 60.3 Å². The zero-order valence-corrected chi connectivity index (χ0v) is 21.1. The predicted molar refractivity (Wildman–Crippen MR) is 130 cm³/mol. The number of hydrogen-bond acceptors (Lipinski definition) is 15. The molecule has 17 nitrogen and oxygen atoms in total. The molecule has 2 saturated heterocycles. The highest BCUT2D eigenvalue weighted by atomic mass is 35.5. The monoisotopic (exact) mass is 585 g/mol. The maximum Gasteiger partial charge on any atom is 0.232 e. The summed E-state index contributed by atoms with van der Waals surface area (Å²) >= 11 is 13.1. The molecular weight excluding hydrogens is 565 g/mol. The van der Waals surface area contributed by atoms with Crippen LogP contribution in [0.3, 0.4) is 0 Å². The van der Waals surface area contributed by atoms with Gasteiger partial charge in [0.05, 0.1) is 19.4 Å². The number of halogens is 2. The molecule has 0 saturated carbocycles. The number of aliphatic hydroxyl groups excluding tert-OH is 6. The lowest BCUT2D eigenvalue weighted by atomic mass is 10.1. The third-order valence-electron chi connectivity index (χ3n) is 6.64. The van der Waals surface area contributed by atoms with Crippen LogP contribution in [-0.2, 0) is 9.47 Å². The second-order valence-corrected chi connectivity index (χ2v) is 9.57. The van der Waals surface area contributed by atoms with Crippen LogP contribution in [0.15, 0.2) is 18.9 Å². The maximum atomic E-state index is 10.8. The lowest BCUT2D eigenvalue weighted by Crippen LogP contribution is -2.34. The number of ether oxygens (including phenoxy) is 2. The Bertz CT molecular complexity index is 1520. The van der Waals surface area contributed by atoms with Crippen LogP contribution in [0, 0.1) is 0 Å². The van der Waals surface area contributed by atoms with E-state index in [9.17, 15) is 30.6 Å². The Morgan fingerprint density at radius 2 is 1.36 bits per heavy atom. The Morgan fingerprint density at radius 1 is 0.795 bits per heavy atom. The van der Waals surface area contributed by atoms with Crippen molar-refractivity contribution in [1.29, 1.82) is 0 Å². The first kappa shape index (κ1) is 26.4. The summed E-state index contributed by atoms with van der Waals surface area (Å²) in [6, 6.07) is 0. The molecule has 6 heterocycles. The summed E-state index contributed by atoms with van der Waals surface area (Å²) in [4.78, 5) is 25.1. The fraction of sp³-hybridized carbons (Fsp3) is 0.500. The van der Waals surface area contributed by atoms with E-state index >= 15 is 0 Å². The number of rotatable bonds is 6. The normalized spacial score (nSPS) is 31.1. The van der Waals surface area contributed by atoms with Crippen LogP contribution in [0.2, 0.25) is 5.15 Å². The third-order valence-corrected chi connectivity index (χ3v) is 7.22. The van der Waals surface area contributed by atoms with Crippen molar-refractivity contribution in [3.8, 4) is 0 Å². The molecule has 0 unspecified atom stereocenters. The van der Waals surface area contributed by atoms with Crippen LogP contribution >= 0.6 is 23.4 Å². The molecule has 0 radical (unpaired) electrons. The van der Waals surface area contributed by atoms with Crippen LogP contribution in [0.25, 0.3) is 22.3 Å². The van der Waals surface area contributed by atoms with Crippen molar-refractivity contribution in [1.82, 2.24) is 39.0 Å². The Hall–Kier alpha value is -2.84. The molecule has 0 bridgehead atoms. The third kappa shape index (κ3) is 4.01. The second kappa shape index (κ2) is 9.97. The molecule has 2 fully saturated rings. The molecule has 6 rings (SSSR count). The van der Waals surface area contributed by atoms with Gasteiger partial charge in [-0.2, -0.15) is 4.42 Å². The van der Waals surface area contributed by atoms with Crippen LogP contribution in [0.5, 0.6) is 0 Å². The molecule has 2 aliphatic rings. The number of aromatic nitrogens is 8. The predicted octanol–water partition coefficient (Wildman–Crippen LogP) is -1.87. The van der Waals surface area contributed by atoms with Gasteiger partial charge < -0.3 is 40.1 Å². The maximum absolute atomic E-state index is 10.8. The summed E-state index contributed by atoms with van der Waals surface area (Å²) in [5.41, 5.74) is 0.520. The molecule has 2 aliphatic heterocycles. The first-order valence-corrected chi connectivity index (χ1v) is 12.3. The van der Waals surface area contributed by atoms with E-state index in [1.807, 2.05) is 0 Å². The van der Waals surface area contributed by atoms with Gasteiger partial charge in [0, 0.05) is 11.8 Å². The van der Waals surface area contributed by atoms with E-state index in [2.05, 4.69) is 29.9 Å². The van der Waals surface area contributed by atoms with Gasteiger partial charge in [-0.3, -0.25) is 9.13 Å². The SMILES string of the molecule is OC[C@H]1O[C@@H](n2c(N(Cl)c3nc4c(Cl)ncnc4n3[C@@H]3O[C@H](CO)[C@@H](O)[C@H]3O)nc3cncnc32)[C@H](O)[C@@H]1O. The van der Waals surface area contributed by atoms with Crippen molar-refractivity contribution in [2.45, 2.75) is 49.1 Å². The van der Waals surface area contributed by atoms with Gasteiger partial charge in [-0.25, -0.2) is 29.9 Å². The lowest BCUT2D eigenvalue weighted by molar-refractivity contribution is -0.0511. The van der Waals surface area contributed by atoms with Crippen LogP contribution in [-0.4, -0.2) is 120 Å². The highest BCUT2D eigenvalue weighted by Gasteiger charge is 2.48. The van der Waals surface area contributed by atoms with Crippen LogP contribution in [0.1, 0.15) is 12.5 Å². The highest BCUT2D eigenvalue weighted by molar-refractivity contribution is 6.34. The van der Waals surface area contributed by atoms with Crippen molar-refractivity contribution >= 4 is 57.6 Å². The first-order chi connectivity index (χ1) is 18.8. The summed E-state index contributed by atoms with van der Waals surface area (Å²) in [6.45, 7) is -1.16. The average Bonchev–Trinajstić information content (AvgIpc) is 3.66. The molecule has 19 heteroatoms. The minimum atomic E-state index is -1.54. The summed E-state index contributed by atoms with van der Waals surface area (Å²) in [6.07, 6.45) is -7.07. The average molecular weight is 586 g/mol. The van der Waals surface area contributed by atoms with E-state index in [1.165, 1.54) is 21.7 Å². The zero-order valence-electron chi connectivity index (χ0n) is 19.5. The molecular formula is C20H21Cl2N9O8. The Morgan fingerprint density at radius 3 is 1.95 bits per heavy atom. The summed E-state index contributed by atoms with van der Waals surface area (Å²) < 4.78 is 14.9. The number of aliphatic hydroxyl groups is 6. The van der Waals surface area contributed by atoms with Gasteiger partial charge in [0.25, 0.3) is 0 Å². The molecule has 4 aromatic rings. The van der Waals surface area contributed by atoms with Gasteiger partial charge in [-0.05, 0) is 0 Å². The van der Waals surface area contributed by atoms with Crippen molar-refractivity contribution < 1.29 is 40.1 Å². The van der Waals surface area contributed by atoms with E-state index in [1.54, 1.807) is 0 Å². The molecule has 0 aromatic carbocycles. The Balaban J connectivity index is 1.54. The van der Waals surface area contributed by atoms with Gasteiger partial charge in [0.15, 0.2) is 28.9 Å². The number of nitrogens with zero attached hydrogens (tertiary/aromatic N) is 9. The van der Waals surface area contributed by atoms with Crippen LogP contribution in [0.4, 0.5) is 11.9 Å². The fourth-order valence-electron chi connectivity index (χ4n) is 4.73. The van der Waals surface area contributed by atoms with Gasteiger partial charge in [-0.1, -0.05) is 11.6 Å². The number of imidazole rings is 2. The molecule has 39 heavy (non-hydrogen) atoms. The molecule has 208 valence electrons. The lowest BCUT2D eigenvalue weighted by Gasteiger charge is -2.24. The number of hydrogen-bond donors (Lipinski definition) is 6. The van der Waals surface area contributed by atoms with Crippen LogP contribution < -0.4 is 4.42 Å². The Labute approximate surface area is 227 Å². The molecule has 8 atom stereocenters. The topological polar surface area (TPSA) is 230 Å². The molecule has 4 aromatic heterocycles. The van der Waals surface area contributed by atoms with E-state index in [0.717, 1.165) is 10.7 Å². The van der Waals surface area contributed by atoms with Gasteiger partial charge >= 0.3 is 0 Å². The first-order valence-electron chi connectivity index (χ1n) is 11.5. The smallest absolute Gasteiger partial charge is 0.232 e. The fourth-order valence-corrected chi connectivity index (χ4v) is 5.14.